The van der Waals surface area contributed by atoms with Gasteiger partial charge in [0.15, 0.2) is 0 Å². The predicted octanol–water partition coefficient (Wildman–Crippen LogP) is 4.34. The predicted molar refractivity (Wildman–Crippen MR) is 100 cm³/mol. The first kappa shape index (κ1) is 20.9. The van der Waals surface area contributed by atoms with E-state index in [1.54, 1.807) is 43.3 Å². The normalized spacial score (nSPS) is 15.0. The molecule has 0 spiro atoms. The molecule has 9 heteroatoms. The molecule has 0 atom stereocenters. The van der Waals surface area contributed by atoms with Gasteiger partial charge >= 0.3 is 12.5 Å². The number of carbonyl (C=O) groups is 1. The SMILES string of the molecule is Cc1c(CN2CCOCC2)cc(NC(=O)Oc2ccccc2)cc1OC(F)(F)F. The minimum Gasteiger partial charge on any atom is -0.410 e. The number of halogens is 3. The summed E-state index contributed by atoms with van der Waals surface area (Å²) in [7, 11) is 0. The van der Waals surface area contributed by atoms with E-state index in [4.69, 9.17) is 9.47 Å². The molecule has 156 valence electrons. The minimum atomic E-state index is -4.84. The van der Waals surface area contributed by atoms with E-state index in [0.29, 0.717) is 49.7 Å². The fraction of sp³-hybridized carbons (Fsp3) is 0.350. The van der Waals surface area contributed by atoms with Gasteiger partial charge in [-0.2, -0.15) is 0 Å². The molecule has 1 N–H and O–H groups in total. The van der Waals surface area contributed by atoms with E-state index in [1.165, 1.54) is 0 Å². The number of hydrogen-bond acceptors (Lipinski definition) is 5. The lowest BCUT2D eigenvalue weighted by Crippen LogP contribution is -2.35. The van der Waals surface area contributed by atoms with Crippen LogP contribution in [-0.2, 0) is 11.3 Å². The van der Waals surface area contributed by atoms with Gasteiger partial charge in [0.2, 0.25) is 0 Å². The maximum atomic E-state index is 12.8. The molecular formula is C20H21F3N2O4. The van der Waals surface area contributed by atoms with E-state index in [1.807, 2.05) is 0 Å². The second-order valence-corrected chi connectivity index (χ2v) is 6.52. The highest BCUT2D eigenvalue weighted by Gasteiger charge is 2.32. The van der Waals surface area contributed by atoms with Gasteiger partial charge in [0.1, 0.15) is 11.5 Å². The molecule has 1 heterocycles. The van der Waals surface area contributed by atoms with E-state index >= 15 is 0 Å². The maximum Gasteiger partial charge on any atom is 0.573 e. The van der Waals surface area contributed by atoms with Gasteiger partial charge in [-0.25, -0.2) is 4.79 Å². The Morgan fingerprint density at radius 1 is 1.17 bits per heavy atom. The molecule has 0 unspecified atom stereocenters. The number of nitrogens with zero attached hydrogens (tertiary/aromatic N) is 1. The van der Waals surface area contributed by atoms with Crippen molar-refractivity contribution in [2.24, 2.45) is 0 Å². The van der Waals surface area contributed by atoms with E-state index in [-0.39, 0.29) is 11.4 Å². The third-order valence-electron chi connectivity index (χ3n) is 4.39. The minimum absolute atomic E-state index is 0.152. The lowest BCUT2D eigenvalue weighted by molar-refractivity contribution is -0.274. The number of anilines is 1. The number of hydrogen-bond donors (Lipinski definition) is 1. The van der Waals surface area contributed by atoms with Crippen molar-refractivity contribution in [3.63, 3.8) is 0 Å². The molecule has 2 aromatic rings. The van der Waals surface area contributed by atoms with Gasteiger partial charge in [-0.15, -0.1) is 13.2 Å². The van der Waals surface area contributed by atoms with Gasteiger partial charge in [-0.1, -0.05) is 18.2 Å². The van der Waals surface area contributed by atoms with Gasteiger partial charge in [0, 0.05) is 31.4 Å². The van der Waals surface area contributed by atoms with Crippen molar-refractivity contribution in [1.29, 1.82) is 0 Å². The summed E-state index contributed by atoms with van der Waals surface area (Å²) < 4.78 is 53.1. The fourth-order valence-corrected chi connectivity index (χ4v) is 2.95. The largest absolute Gasteiger partial charge is 0.573 e. The molecule has 0 radical (unpaired) electrons. The van der Waals surface area contributed by atoms with Crippen molar-refractivity contribution in [1.82, 2.24) is 4.90 Å². The van der Waals surface area contributed by atoms with Gasteiger partial charge < -0.3 is 14.2 Å². The number of benzene rings is 2. The molecule has 1 saturated heterocycles. The monoisotopic (exact) mass is 410 g/mol. The lowest BCUT2D eigenvalue weighted by Gasteiger charge is -2.28. The van der Waals surface area contributed by atoms with Crippen LogP contribution in [0.1, 0.15) is 11.1 Å². The number of morpholine rings is 1. The standard InChI is InChI=1S/C20H21F3N2O4/c1-14-15(13-25-7-9-27-10-8-25)11-16(12-18(14)29-20(21,22)23)24-19(26)28-17-5-3-2-4-6-17/h2-6,11-12H,7-10,13H2,1H3,(H,24,26). The molecule has 0 bridgehead atoms. The summed E-state index contributed by atoms with van der Waals surface area (Å²) in [6.45, 7) is 4.43. The molecule has 29 heavy (non-hydrogen) atoms. The first-order valence-corrected chi connectivity index (χ1v) is 9.03. The Bertz CT molecular complexity index is 838. The number of carbonyl (C=O) groups excluding carboxylic acids is 1. The Morgan fingerprint density at radius 3 is 2.52 bits per heavy atom. The van der Waals surface area contributed by atoms with Crippen molar-refractivity contribution in [2.75, 3.05) is 31.6 Å². The summed E-state index contributed by atoms with van der Waals surface area (Å²) in [6.07, 6.45) is -5.65. The smallest absolute Gasteiger partial charge is 0.410 e. The summed E-state index contributed by atoms with van der Waals surface area (Å²) >= 11 is 0. The van der Waals surface area contributed by atoms with Crippen LogP contribution in [-0.4, -0.2) is 43.7 Å². The fourth-order valence-electron chi connectivity index (χ4n) is 2.95. The molecule has 0 aliphatic carbocycles. The Balaban J connectivity index is 1.81. The summed E-state index contributed by atoms with van der Waals surface area (Å²) in [4.78, 5) is 14.2. The molecule has 1 aliphatic rings. The topological polar surface area (TPSA) is 60.0 Å². The molecule has 1 amide bonds. The van der Waals surface area contributed by atoms with Crippen LogP contribution in [0.3, 0.4) is 0 Å². The van der Waals surface area contributed by atoms with Crippen LogP contribution in [0.4, 0.5) is 23.7 Å². The number of nitrogens with one attached hydrogen (secondary N) is 1. The van der Waals surface area contributed by atoms with E-state index in [0.717, 1.165) is 6.07 Å². The third-order valence-corrected chi connectivity index (χ3v) is 4.39. The highest BCUT2D eigenvalue weighted by molar-refractivity contribution is 5.86. The Labute approximate surface area is 166 Å². The zero-order chi connectivity index (χ0) is 20.9. The molecule has 0 saturated carbocycles. The molecule has 0 aromatic heterocycles. The van der Waals surface area contributed by atoms with Crippen molar-refractivity contribution >= 4 is 11.8 Å². The zero-order valence-corrected chi connectivity index (χ0v) is 15.8. The van der Waals surface area contributed by atoms with Crippen LogP contribution in [0, 0.1) is 6.92 Å². The van der Waals surface area contributed by atoms with Crippen molar-refractivity contribution < 1.29 is 32.2 Å². The molecular weight excluding hydrogens is 389 g/mol. The van der Waals surface area contributed by atoms with Gasteiger partial charge in [0.05, 0.1) is 13.2 Å². The second kappa shape index (κ2) is 9.15. The van der Waals surface area contributed by atoms with E-state index in [9.17, 15) is 18.0 Å². The highest BCUT2D eigenvalue weighted by atomic mass is 19.4. The van der Waals surface area contributed by atoms with Crippen molar-refractivity contribution in [3.8, 4) is 11.5 Å². The van der Waals surface area contributed by atoms with Gasteiger partial charge in [-0.05, 0) is 36.2 Å². The van der Waals surface area contributed by atoms with Crippen molar-refractivity contribution in [3.05, 3.63) is 53.6 Å². The van der Waals surface area contributed by atoms with Crippen LogP contribution in [0.5, 0.6) is 11.5 Å². The Morgan fingerprint density at radius 2 is 1.86 bits per heavy atom. The second-order valence-electron chi connectivity index (χ2n) is 6.52. The van der Waals surface area contributed by atoms with Crippen LogP contribution in [0.2, 0.25) is 0 Å². The summed E-state index contributed by atoms with van der Waals surface area (Å²) in [6, 6.07) is 11.1. The van der Waals surface area contributed by atoms with Gasteiger partial charge in [-0.3, -0.25) is 10.2 Å². The van der Waals surface area contributed by atoms with Gasteiger partial charge in [0.25, 0.3) is 0 Å². The summed E-state index contributed by atoms with van der Waals surface area (Å²) in [5.41, 5.74) is 1.12. The number of ether oxygens (including phenoxy) is 3. The van der Waals surface area contributed by atoms with Crippen LogP contribution >= 0.6 is 0 Å². The maximum absolute atomic E-state index is 12.8. The Hall–Kier alpha value is -2.78. The van der Waals surface area contributed by atoms with E-state index < -0.39 is 12.5 Å². The number of amides is 1. The lowest BCUT2D eigenvalue weighted by atomic mass is 10.1. The van der Waals surface area contributed by atoms with Crippen LogP contribution in [0.15, 0.2) is 42.5 Å². The summed E-state index contributed by atoms with van der Waals surface area (Å²) in [5.74, 6) is -0.0457. The Kier molecular flexibility index (Phi) is 6.60. The highest BCUT2D eigenvalue weighted by Crippen LogP contribution is 2.32. The molecule has 2 aromatic carbocycles. The quantitative estimate of drug-likeness (QED) is 0.795. The molecule has 3 rings (SSSR count). The first-order chi connectivity index (χ1) is 13.8. The number of alkyl halides is 3. The van der Waals surface area contributed by atoms with Crippen molar-refractivity contribution in [2.45, 2.75) is 19.8 Å². The summed E-state index contributed by atoms with van der Waals surface area (Å²) in [5, 5.41) is 2.47. The number of rotatable bonds is 5. The average molecular weight is 410 g/mol. The first-order valence-electron chi connectivity index (χ1n) is 9.03. The zero-order valence-electron chi connectivity index (χ0n) is 15.8. The molecule has 6 nitrogen and oxygen atoms in total. The van der Waals surface area contributed by atoms with E-state index in [2.05, 4.69) is 15.0 Å². The number of para-hydroxylation sites is 1. The average Bonchev–Trinajstić information content (AvgIpc) is 2.66. The molecule has 1 fully saturated rings. The third kappa shape index (κ3) is 6.37. The molecule has 1 aliphatic heterocycles. The van der Waals surface area contributed by atoms with Crippen LogP contribution in [0.25, 0.3) is 0 Å². The van der Waals surface area contributed by atoms with Crippen LogP contribution < -0.4 is 14.8 Å².